The summed E-state index contributed by atoms with van der Waals surface area (Å²) in [7, 11) is 0. The molecule has 0 spiro atoms. The van der Waals surface area contributed by atoms with Crippen molar-refractivity contribution in [2.45, 2.75) is 32.0 Å². The van der Waals surface area contributed by atoms with E-state index in [0.29, 0.717) is 6.42 Å². The molecular formula is C7H12F3N. The Balaban J connectivity index is 2.39. The lowest BCUT2D eigenvalue weighted by atomic mass is 9.95. The molecule has 11 heavy (non-hydrogen) atoms. The van der Waals surface area contributed by atoms with Crippen molar-refractivity contribution in [1.29, 1.82) is 0 Å². The molecular weight excluding hydrogens is 155 g/mol. The molecule has 0 aromatic carbocycles. The summed E-state index contributed by atoms with van der Waals surface area (Å²) in [5, 5.41) is 2.82. The summed E-state index contributed by atoms with van der Waals surface area (Å²) in [5.41, 5.74) is 0. The van der Waals surface area contributed by atoms with Gasteiger partial charge < -0.3 is 5.32 Å². The highest BCUT2D eigenvalue weighted by Gasteiger charge is 2.40. The highest BCUT2D eigenvalue weighted by molar-refractivity contribution is 4.78. The maximum Gasteiger partial charge on any atom is 0.393 e. The fourth-order valence-electron chi connectivity index (χ4n) is 1.28. The van der Waals surface area contributed by atoms with Crippen LogP contribution in [0.3, 0.4) is 0 Å². The molecule has 1 rings (SSSR count). The van der Waals surface area contributed by atoms with E-state index in [2.05, 4.69) is 5.32 Å². The van der Waals surface area contributed by atoms with Gasteiger partial charge in [0.2, 0.25) is 0 Å². The van der Waals surface area contributed by atoms with Crippen LogP contribution in [0, 0.1) is 5.92 Å². The molecule has 0 bridgehead atoms. The van der Waals surface area contributed by atoms with E-state index in [-0.39, 0.29) is 19.0 Å². The maximum atomic E-state index is 12.0. The molecule has 1 N–H and O–H groups in total. The van der Waals surface area contributed by atoms with E-state index in [4.69, 9.17) is 0 Å². The van der Waals surface area contributed by atoms with E-state index in [9.17, 15) is 13.2 Å². The second-order valence-electron chi connectivity index (χ2n) is 3.13. The Morgan fingerprint density at radius 3 is 2.27 bits per heavy atom. The van der Waals surface area contributed by atoms with E-state index in [1.54, 1.807) is 0 Å². The van der Waals surface area contributed by atoms with E-state index < -0.39 is 12.1 Å². The van der Waals surface area contributed by atoms with Gasteiger partial charge >= 0.3 is 6.18 Å². The molecule has 1 heterocycles. The van der Waals surface area contributed by atoms with Gasteiger partial charge in [0.1, 0.15) is 0 Å². The van der Waals surface area contributed by atoms with Gasteiger partial charge in [-0.05, 0) is 19.8 Å². The molecule has 66 valence electrons. The molecule has 1 aliphatic rings. The van der Waals surface area contributed by atoms with Crippen molar-refractivity contribution in [3.63, 3.8) is 0 Å². The van der Waals surface area contributed by atoms with Crippen LogP contribution in [-0.4, -0.2) is 18.8 Å². The number of alkyl halides is 3. The van der Waals surface area contributed by atoms with Crippen LogP contribution in [0.2, 0.25) is 0 Å². The molecule has 1 nitrogen and oxygen atoms in total. The summed E-state index contributed by atoms with van der Waals surface area (Å²) < 4.78 is 36.1. The first kappa shape index (κ1) is 8.84. The van der Waals surface area contributed by atoms with Crippen LogP contribution in [-0.2, 0) is 0 Å². The zero-order chi connectivity index (χ0) is 8.48. The lowest BCUT2D eigenvalue weighted by molar-refractivity contribution is -0.179. The van der Waals surface area contributed by atoms with Crippen LogP contribution in [0.15, 0.2) is 0 Å². The molecule has 0 aromatic rings. The number of halogens is 3. The predicted molar refractivity (Wildman–Crippen MR) is 36.2 cm³/mol. The average molecular weight is 167 g/mol. The van der Waals surface area contributed by atoms with Crippen molar-refractivity contribution in [2.75, 3.05) is 6.54 Å². The van der Waals surface area contributed by atoms with Gasteiger partial charge in [-0.1, -0.05) is 0 Å². The van der Waals surface area contributed by atoms with Gasteiger partial charge in [0.05, 0.1) is 5.92 Å². The summed E-state index contributed by atoms with van der Waals surface area (Å²) in [6, 6.07) is 0.244. The molecule has 0 aliphatic carbocycles. The van der Waals surface area contributed by atoms with E-state index >= 15 is 0 Å². The molecule has 2 atom stereocenters. The standard InChI is InChI=1S/C7H12F3N/c1-5-2-3-6(4-11-5)7(8,9)10/h5-6,11H,2-4H2,1H3/t5-,6-/m1/s1. The molecule has 0 aromatic heterocycles. The molecule has 4 heteroatoms. The normalized spacial score (nSPS) is 33.8. The average Bonchev–Trinajstić information content (AvgIpc) is 1.86. The summed E-state index contributed by atoms with van der Waals surface area (Å²) in [6.45, 7) is 2.00. The highest BCUT2D eigenvalue weighted by Crippen LogP contribution is 2.31. The minimum Gasteiger partial charge on any atom is -0.314 e. The lowest BCUT2D eigenvalue weighted by Gasteiger charge is -2.28. The topological polar surface area (TPSA) is 12.0 Å². The smallest absolute Gasteiger partial charge is 0.314 e. The number of piperidine rings is 1. The Labute approximate surface area is 64.0 Å². The molecule has 0 radical (unpaired) electrons. The van der Waals surface area contributed by atoms with E-state index in [1.165, 1.54) is 0 Å². The summed E-state index contributed by atoms with van der Waals surface area (Å²) in [5.74, 6) is -1.13. The molecule has 0 unspecified atom stereocenters. The second kappa shape index (κ2) is 3.01. The summed E-state index contributed by atoms with van der Waals surface area (Å²) >= 11 is 0. The van der Waals surface area contributed by atoms with Crippen molar-refractivity contribution in [2.24, 2.45) is 5.92 Å². The largest absolute Gasteiger partial charge is 0.393 e. The fraction of sp³-hybridized carbons (Fsp3) is 1.00. The molecule has 1 aliphatic heterocycles. The van der Waals surface area contributed by atoms with Crippen molar-refractivity contribution in [3.05, 3.63) is 0 Å². The summed E-state index contributed by atoms with van der Waals surface area (Å²) in [4.78, 5) is 0. The van der Waals surface area contributed by atoms with Crippen molar-refractivity contribution in [1.82, 2.24) is 5.32 Å². The van der Waals surface area contributed by atoms with Gasteiger partial charge in [0.25, 0.3) is 0 Å². The van der Waals surface area contributed by atoms with Crippen LogP contribution in [0.25, 0.3) is 0 Å². The van der Waals surface area contributed by atoms with Gasteiger partial charge in [-0.2, -0.15) is 13.2 Å². The Hall–Kier alpha value is -0.250. The van der Waals surface area contributed by atoms with Crippen LogP contribution in [0.4, 0.5) is 13.2 Å². The maximum absolute atomic E-state index is 12.0. The first-order valence-electron chi connectivity index (χ1n) is 3.80. The minimum atomic E-state index is -4.01. The quantitative estimate of drug-likeness (QED) is 0.581. The monoisotopic (exact) mass is 167 g/mol. The zero-order valence-electron chi connectivity index (χ0n) is 6.41. The SMILES string of the molecule is C[C@@H]1CC[C@@H](C(F)(F)F)CN1. The molecule has 0 saturated carbocycles. The van der Waals surface area contributed by atoms with Crippen molar-refractivity contribution < 1.29 is 13.2 Å². The van der Waals surface area contributed by atoms with Gasteiger partial charge in [-0.15, -0.1) is 0 Å². The summed E-state index contributed by atoms with van der Waals surface area (Å²) in [6.07, 6.45) is -3.10. The number of hydrogen-bond acceptors (Lipinski definition) is 1. The third kappa shape index (κ3) is 2.36. The van der Waals surface area contributed by atoms with Crippen LogP contribution in [0.1, 0.15) is 19.8 Å². The Bertz CT molecular complexity index is 124. The fourth-order valence-corrected chi connectivity index (χ4v) is 1.28. The van der Waals surface area contributed by atoms with E-state index in [1.807, 2.05) is 6.92 Å². The van der Waals surface area contributed by atoms with Crippen LogP contribution in [0.5, 0.6) is 0 Å². The first-order valence-corrected chi connectivity index (χ1v) is 3.80. The Morgan fingerprint density at radius 1 is 1.27 bits per heavy atom. The third-order valence-corrected chi connectivity index (χ3v) is 2.12. The number of nitrogens with one attached hydrogen (secondary N) is 1. The third-order valence-electron chi connectivity index (χ3n) is 2.12. The second-order valence-corrected chi connectivity index (χ2v) is 3.13. The van der Waals surface area contributed by atoms with Crippen molar-refractivity contribution >= 4 is 0 Å². The van der Waals surface area contributed by atoms with Gasteiger partial charge in [0, 0.05) is 12.6 Å². The predicted octanol–water partition coefficient (Wildman–Crippen LogP) is 1.94. The van der Waals surface area contributed by atoms with Gasteiger partial charge in [-0.25, -0.2) is 0 Å². The lowest BCUT2D eigenvalue weighted by Crippen LogP contribution is -2.42. The number of hydrogen-bond donors (Lipinski definition) is 1. The zero-order valence-corrected chi connectivity index (χ0v) is 6.41. The Morgan fingerprint density at radius 2 is 1.91 bits per heavy atom. The van der Waals surface area contributed by atoms with Crippen LogP contribution >= 0.6 is 0 Å². The number of rotatable bonds is 0. The molecule has 0 amide bonds. The Kier molecular flexibility index (Phi) is 2.42. The molecule has 1 saturated heterocycles. The van der Waals surface area contributed by atoms with E-state index in [0.717, 1.165) is 0 Å². The van der Waals surface area contributed by atoms with Crippen LogP contribution < -0.4 is 5.32 Å². The van der Waals surface area contributed by atoms with Gasteiger partial charge in [0.15, 0.2) is 0 Å². The molecule has 1 fully saturated rings. The first-order chi connectivity index (χ1) is 5.00. The minimum absolute atomic E-state index is 0.0880. The highest BCUT2D eigenvalue weighted by atomic mass is 19.4. The van der Waals surface area contributed by atoms with Gasteiger partial charge in [-0.3, -0.25) is 0 Å². The van der Waals surface area contributed by atoms with Crippen molar-refractivity contribution in [3.8, 4) is 0 Å².